The van der Waals surface area contributed by atoms with Crippen LogP contribution in [-0.2, 0) is 4.79 Å². The number of nitrogens with two attached hydrogens (primary N) is 1. The third kappa shape index (κ3) is 3.63. The highest BCUT2D eigenvalue weighted by molar-refractivity contribution is 6.31. The zero-order valence-electron chi connectivity index (χ0n) is 9.94. The van der Waals surface area contributed by atoms with Gasteiger partial charge in [-0.05, 0) is 35.9 Å². The van der Waals surface area contributed by atoms with Gasteiger partial charge in [-0.2, -0.15) is 0 Å². The first-order valence-electron chi connectivity index (χ1n) is 5.63. The average molecular weight is 295 g/mol. The number of rotatable bonds is 4. The van der Waals surface area contributed by atoms with E-state index in [1.807, 2.05) is 6.07 Å². The summed E-state index contributed by atoms with van der Waals surface area (Å²) in [5.41, 5.74) is 6.90. The van der Waals surface area contributed by atoms with E-state index in [-0.39, 0.29) is 0 Å². The first kappa shape index (κ1) is 13.7. The number of hydrogen-bond donors (Lipinski definition) is 2. The van der Waals surface area contributed by atoms with Gasteiger partial charge in [0.1, 0.15) is 6.04 Å². The highest BCUT2D eigenvalue weighted by Crippen LogP contribution is 2.23. The van der Waals surface area contributed by atoms with Crippen molar-refractivity contribution in [2.45, 2.75) is 6.04 Å². The minimum absolute atomic E-state index is 0.470. The van der Waals surface area contributed by atoms with Crippen LogP contribution in [0.1, 0.15) is 11.6 Å². The van der Waals surface area contributed by atoms with E-state index in [0.29, 0.717) is 10.0 Å². The quantitative estimate of drug-likeness (QED) is 0.905. The van der Waals surface area contributed by atoms with Crippen molar-refractivity contribution in [3.8, 4) is 0 Å². The molecule has 0 aliphatic heterocycles. The van der Waals surface area contributed by atoms with Gasteiger partial charge in [0.05, 0.1) is 0 Å². The van der Waals surface area contributed by atoms with Gasteiger partial charge in [0.2, 0.25) is 5.91 Å². The standard InChI is InChI=1S/C14H12Cl2N2O/c15-10-6-4-9(5-7-10)13(14(17)19)18-12-3-1-2-11(16)8-12/h1-8,13,18H,(H2,17,19). The summed E-state index contributed by atoms with van der Waals surface area (Å²) in [6, 6.07) is 13.4. The number of benzene rings is 2. The van der Waals surface area contributed by atoms with Gasteiger partial charge >= 0.3 is 0 Å². The van der Waals surface area contributed by atoms with Gasteiger partial charge in [-0.1, -0.05) is 41.4 Å². The van der Waals surface area contributed by atoms with Crippen molar-refractivity contribution in [1.29, 1.82) is 0 Å². The Kier molecular flexibility index (Phi) is 4.30. The second-order valence-electron chi connectivity index (χ2n) is 4.04. The van der Waals surface area contributed by atoms with E-state index in [9.17, 15) is 4.79 Å². The number of anilines is 1. The fourth-order valence-electron chi connectivity index (χ4n) is 1.72. The van der Waals surface area contributed by atoms with Crippen LogP contribution in [0.5, 0.6) is 0 Å². The number of primary amides is 1. The molecule has 0 aliphatic rings. The van der Waals surface area contributed by atoms with Crippen LogP contribution in [0.15, 0.2) is 48.5 Å². The Morgan fingerprint density at radius 3 is 2.32 bits per heavy atom. The summed E-state index contributed by atoms with van der Waals surface area (Å²) >= 11 is 11.7. The lowest BCUT2D eigenvalue weighted by molar-refractivity contribution is -0.118. The molecule has 0 heterocycles. The van der Waals surface area contributed by atoms with Gasteiger partial charge in [-0.15, -0.1) is 0 Å². The monoisotopic (exact) mass is 294 g/mol. The van der Waals surface area contributed by atoms with Crippen molar-refractivity contribution in [1.82, 2.24) is 0 Å². The minimum Gasteiger partial charge on any atom is -0.370 e. The molecule has 0 bridgehead atoms. The minimum atomic E-state index is -0.629. The smallest absolute Gasteiger partial charge is 0.244 e. The first-order chi connectivity index (χ1) is 9.06. The maximum Gasteiger partial charge on any atom is 0.244 e. The normalized spacial score (nSPS) is 11.9. The maximum atomic E-state index is 11.6. The Morgan fingerprint density at radius 1 is 1.05 bits per heavy atom. The van der Waals surface area contributed by atoms with Crippen LogP contribution in [0.4, 0.5) is 5.69 Å². The molecule has 1 atom stereocenters. The molecule has 2 aromatic rings. The van der Waals surface area contributed by atoms with E-state index in [1.54, 1.807) is 42.5 Å². The zero-order valence-corrected chi connectivity index (χ0v) is 11.4. The molecular weight excluding hydrogens is 283 g/mol. The summed E-state index contributed by atoms with van der Waals surface area (Å²) in [7, 11) is 0. The van der Waals surface area contributed by atoms with Crippen molar-refractivity contribution >= 4 is 34.8 Å². The van der Waals surface area contributed by atoms with Crippen LogP contribution < -0.4 is 11.1 Å². The first-order valence-corrected chi connectivity index (χ1v) is 6.39. The molecule has 0 aromatic heterocycles. The van der Waals surface area contributed by atoms with E-state index < -0.39 is 11.9 Å². The lowest BCUT2D eigenvalue weighted by Crippen LogP contribution is -2.27. The third-order valence-corrected chi connectivity index (χ3v) is 3.11. The molecule has 3 N–H and O–H groups in total. The lowest BCUT2D eigenvalue weighted by atomic mass is 10.1. The van der Waals surface area contributed by atoms with Gasteiger partial charge in [0.15, 0.2) is 0 Å². The summed E-state index contributed by atoms with van der Waals surface area (Å²) in [6.45, 7) is 0. The molecule has 1 amide bonds. The van der Waals surface area contributed by atoms with E-state index in [4.69, 9.17) is 28.9 Å². The maximum absolute atomic E-state index is 11.6. The number of halogens is 2. The van der Waals surface area contributed by atoms with Gasteiger partial charge in [0.25, 0.3) is 0 Å². The molecular formula is C14H12Cl2N2O. The predicted molar refractivity (Wildman–Crippen MR) is 78.5 cm³/mol. The second kappa shape index (κ2) is 5.95. The van der Waals surface area contributed by atoms with Crippen molar-refractivity contribution in [3.63, 3.8) is 0 Å². The molecule has 2 rings (SSSR count). The number of nitrogens with one attached hydrogen (secondary N) is 1. The van der Waals surface area contributed by atoms with Crippen molar-refractivity contribution in [2.75, 3.05) is 5.32 Å². The molecule has 98 valence electrons. The summed E-state index contributed by atoms with van der Waals surface area (Å²) < 4.78 is 0. The van der Waals surface area contributed by atoms with E-state index >= 15 is 0 Å². The molecule has 19 heavy (non-hydrogen) atoms. The van der Waals surface area contributed by atoms with Crippen LogP contribution in [0, 0.1) is 0 Å². The van der Waals surface area contributed by atoms with Crippen molar-refractivity contribution < 1.29 is 4.79 Å². The van der Waals surface area contributed by atoms with E-state index in [1.165, 1.54) is 0 Å². The molecule has 1 unspecified atom stereocenters. The summed E-state index contributed by atoms with van der Waals surface area (Å²) in [5.74, 6) is -0.470. The second-order valence-corrected chi connectivity index (χ2v) is 4.91. The van der Waals surface area contributed by atoms with Crippen molar-refractivity contribution in [3.05, 3.63) is 64.1 Å². The fourth-order valence-corrected chi connectivity index (χ4v) is 2.04. The third-order valence-electron chi connectivity index (χ3n) is 2.62. The predicted octanol–water partition coefficient (Wildman–Crippen LogP) is 3.63. The molecule has 0 fully saturated rings. The fraction of sp³-hybridized carbons (Fsp3) is 0.0714. The highest BCUT2D eigenvalue weighted by Gasteiger charge is 2.17. The largest absolute Gasteiger partial charge is 0.370 e. The average Bonchev–Trinajstić information content (AvgIpc) is 2.37. The summed E-state index contributed by atoms with van der Waals surface area (Å²) in [5, 5.41) is 4.25. The van der Waals surface area contributed by atoms with E-state index in [0.717, 1.165) is 11.3 Å². The Labute approximate surface area is 121 Å². The van der Waals surface area contributed by atoms with Crippen LogP contribution in [0.25, 0.3) is 0 Å². The molecule has 5 heteroatoms. The topological polar surface area (TPSA) is 55.1 Å². The Balaban J connectivity index is 2.26. The zero-order chi connectivity index (χ0) is 13.8. The number of amides is 1. The Bertz CT molecular complexity index is 584. The lowest BCUT2D eigenvalue weighted by Gasteiger charge is -2.17. The summed E-state index contributed by atoms with van der Waals surface area (Å²) in [4.78, 5) is 11.6. The number of carbonyl (C=O) groups is 1. The molecule has 0 saturated carbocycles. The van der Waals surface area contributed by atoms with Crippen LogP contribution >= 0.6 is 23.2 Å². The van der Waals surface area contributed by atoms with Gasteiger partial charge in [-0.3, -0.25) is 4.79 Å². The number of carbonyl (C=O) groups excluding carboxylic acids is 1. The van der Waals surface area contributed by atoms with Crippen molar-refractivity contribution in [2.24, 2.45) is 5.73 Å². The van der Waals surface area contributed by atoms with Crippen LogP contribution in [0.2, 0.25) is 10.0 Å². The van der Waals surface area contributed by atoms with Gasteiger partial charge < -0.3 is 11.1 Å². The van der Waals surface area contributed by atoms with Gasteiger partial charge in [0, 0.05) is 15.7 Å². The molecule has 0 aliphatic carbocycles. The van der Waals surface area contributed by atoms with E-state index in [2.05, 4.69) is 5.32 Å². The Hall–Kier alpha value is -1.71. The van der Waals surface area contributed by atoms with Gasteiger partial charge in [-0.25, -0.2) is 0 Å². The molecule has 0 spiro atoms. The molecule has 0 saturated heterocycles. The molecule has 2 aromatic carbocycles. The molecule has 0 radical (unpaired) electrons. The number of hydrogen-bond acceptors (Lipinski definition) is 2. The molecule has 3 nitrogen and oxygen atoms in total. The van der Waals surface area contributed by atoms with Crippen LogP contribution in [-0.4, -0.2) is 5.91 Å². The summed E-state index contributed by atoms with van der Waals surface area (Å²) in [6.07, 6.45) is 0. The highest BCUT2D eigenvalue weighted by atomic mass is 35.5. The Morgan fingerprint density at radius 2 is 1.74 bits per heavy atom. The SMILES string of the molecule is NC(=O)C(Nc1cccc(Cl)c1)c1ccc(Cl)cc1. The van der Waals surface area contributed by atoms with Crippen LogP contribution in [0.3, 0.4) is 0 Å².